The molecule has 1 fully saturated rings. The van der Waals surface area contributed by atoms with Gasteiger partial charge in [-0.3, -0.25) is 10.1 Å². The fraction of sp³-hybridized carbons (Fsp3) is 0.238. The van der Waals surface area contributed by atoms with Gasteiger partial charge in [0.1, 0.15) is 11.6 Å². The quantitative estimate of drug-likeness (QED) is 0.187. The lowest BCUT2D eigenvalue weighted by Crippen LogP contribution is -2.45. The number of nitrogens with zero attached hydrogens (tertiary/aromatic N) is 3. The highest BCUT2D eigenvalue weighted by molar-refractivity contribution is 7.99. The molecule has 0 atom stereocenters. The molecule has 0 bridgehead atoms. The Hall–Kier alpha value is -3.35. The standard InChI is InChI=1S/C21H19N5O3S/c1-2-9-30-21-24-19-8-5-16(26(27)28)10-18(19)20(25-21)23-15-3-6-17(7-4-15)29-13-14-11-22-12-14/h1,3-8,10,14,22H,9,11-13H2,(H,23,24,25). The predicted molar refractivity (Wildman–Crippen MR) is 117 cm³/mol. The molecule has 152 valence electrons. The Balaban J connectivity index is 1.59. The number of non-ortho nitro benzene ring substituents is 1. The number of anilines is 2. The molecule has 30 heavy (non-hydrogen) atoms. The van der Waals surface area contributed by atoms with Crippen molar-refractivity contribution in [3.63, 3.8) is 0 Å². The van der Waals surface area contributed by atoms with Crippen molar-refractivity contribution < 1.29 is 9.66 Å². The summed E-state index contributed by atoms with van der Waals surface area (Å²) in [6, 6.07) is 12.0. The third kappa shape index (κ3) is 4.62. The first kappa shape index (κ1) is 19.9. The molecule has 9 heteroatoms. The largest absolute Gasteiger partial charge is 0.493 e. The van der Waals surface area contributed by atoms with Crippen molar-refractivity contribution in [2.45, 2.75) is 5.16 Å². The highest BCUT2D eigenvalue weighted by Crippen LogP contribution is 2.30. The Labute approximate surface area is 177 Å². The van der Waals surface area contributed by atoms with Crippen LogP contribution in [0.1, 0.15) is 0 Å². The molecule has 0 amide bonds. The molecule has 1 aromatic heterocycles. The van der Waals surface area contributed by atoms with Crippen LogP contribution in [0, 0.1) is 28.4 Å². The van der Waals surface area contributed by atoms with Crippen LogP contribution >= 0.6 is 11.8 Å². The summed E-state index contributed by atoms with van der Waals surface area (Å²) in [6.45, 7) is 2.68. The number of rotatable bonds is 8. The number of fused-ring (bicyclic) bond motifs is 1. The summed E-state index contributed by atoms with van der Waals surface area (Å²) in [5.41, 5.74) is 1.37. The SMILES string of the molecule is C#CCSc1nc(Nc2ccc(OCC3CNC3)cc2)c2cc([N+](=O)[O-])ccc2n1. The van der Waals surface area contributed by atoms with Gasteiger partial charge in [0, 0.05) is 42.2 Å². The summed E-state index contributed by atoms with van der Waals surface area (Å²) < 4.78 is 5.80. The fourth-order valence-electron chi connectivity index (χ4n) is 2.93. The maximum Gasteiger partial charge on any atom is 0.270 e. The van der Waals surface area contributed by atoms with E-state index >= 15 is 0 Å². The molecule has 0 aliphatic carbocycles. The molecule has 0 unspecified atom stereocenters. The van der Waals surface area contributed by atoms with Crippen molar-refractivity contribution in [3.8, 4) is 18.1 Å². The zero-order chi connectivity index (χ0) is 20.9. The van der Waals surface area contributed by atoms with E-state index < -0.39 is 4.92 Å². The normalized spacial score (nSPS) is 13.4. The van der Waals surface area contributed by atoms with E-state index in [0.29, 0.717) is 40.2 Å². The van der Waals surface area contributed by atoms with Crippen LogP contribution in [0.25, 0.3) is 10.9 Å². The Kier molecular flexibility index (Phi) is 5.97. The van der Waals surface area contributed by atoms with Crippen molar-refractivity contribution >= 4 is 39.9 Å². The molecule has 2 N–H and O–H groups in total. The van der Waals surface area contributed by atoms with Crippen LogP contribution in [-0.2, 0) is 0 Å². The van der Waals surface area contributed by atoms with E-state index in [4.69, 9.17) is 11.2 Å². The second kappa shape index (κ2) is 8.98. The van der Waals surface area contributed by atoms with Gasteiger partial charge in [-0.15, -0.1) is 6.42 Å². The van der Waals surface area contributed by atoms with Gasteiger partial charge in [-0.05, 0) is 30.3 Å². The third-order valence-electron chi connectivity index (χ3n) is 4.62. The van der Waals surface area contributed by atoms with Crippen molar-refractivity contribution in [2.24, 2.45) is 5.92 Å². The molecule has 0 spiro atoms. The number of hydrogen-bond acceptors (Lipinski definition) is 8. The highest BCUT2D eigenvalue weighted by atomic mass is 32.2. The molecule has 1 saturated heterocycles. The fourth-order valence-corrected chi connectivity index (χ4v) is 3.46. The van der Waals surface area contributed by atoms with E-state index in [1.807, 2.05) is 24.3 Å². The van der Waals surface area contributed by atoms with Gasteiger partial charge in [0.15, 0.2) is 5.16 Å². The van der Waals surface area contributed by atoms with E-state index in [0.717, 1.165) is 24.5 Å². The molecule has 3 aromatic rings. The average Bonchev–Trinajstić information content (AvgIpc) is 2.72. The van der Waals surface area contributed by atoms with Crippen molar-refractivity contribution in [1.29, 1.82) is 0 Å². The Morgan fingerprint density at radius 3 is 2.73 bits per heavy atom. The van der Waals surface area contributed by atoms with Gasteiger partial charge < -0.3 is 15.4 Å². The van der Waals surface area contributed by atoms with Crippen molar-refractivity contribution in [2.75, 3.05) is 30.8 Å². The van der Waals surface area contributed by atoms with Gasteiger partial charge in [0.2, 0.25) is 0 Å². The van der Waals surface area contributed by atoms with Crippen molar-refractivity contribution in [3.05, 3.63) is 52.6 Å². The molecular formula is C21H19N5O3S. The lowest BCUT2D eigenvalue weighted by Gasteiger charge is -2.26. The molecule has 0 saturated carbocycles. The molecule has 2 heterocycles. The number of nitro groups is 1. The minimum atomic E-state index is -0.437. The first-order valence-electron chi connectivity index (χ1n) is 9.35. The van der Waals surface area contributed by atoms with E-state index in [9.17, 15) is 10.1 Å². The van der Waals surface area contributed by atoms with Crippen LogP contribution in [0.5, 0.6) is 5.75 Å². The summed E-state index contributed by atoms with van der Waals surface area (Å²) in [7, 11) is 0. The van der Waals surface area contributed by atoms with Gasteiger partial charge in [0.25, 0.3) is 5.69 Å². The molecule has 2 aromatic carbocycles. The average molecular weight is 421 g/mol. The summed E-state index contributed by atoms with van der Waals surface area (Å²) in [5.74, 6) is 4.81. The van der Waals surface area contributed by atoms with E-state index in [-0.39, 0.29) is 5.69 Å². The number of hydrogen-bond donors (Lipinski definition) is 2. The van der Waals surface area contributed by atoms with Gasteiger partial charge in [0.05, 0.1) is 22.8 Å². The van der Waals surface area contributed by atoms with E-state index in [1.54, 1.807) is 6.07 Å². The van der Waals surface area contributed by atoms with Crippen LogP contribution in [0.2, 0.25) is 0 Å². The number of ether oxygens (including phenoxy) is 1. The predicted octanol–water partition coefficient (Wildman–Crippen LogP) is 3.61. The minimum absolute atomic E-state index is 0.0209. The van der Waals surface area contributed by atoms with Crippen LogP contribution in [-0.4, -0.2) is 40.3 Å². The van der Waals surface area contributed by atoms with Gasteiger partial charge in [-0.2, -0.15) is 0 Å². The topological polar surface area (TPSA) is 102 Å². The number of thioether (sulfide) groups is 1. The zero-order valence-electron chi connectivity index (χ0n) is 16.0. The summed E-state index contributed by atoms with van der Waals surface area (Å²) in [4.78, 5) is 19.7. The summed E-state index contributed by atoms with van der Waals surface area (Å²) in [5, 5.41) is 18.7. The minimum Gasteiger partial charge on any atom is -0.493 e. The Bertz CT molecular complexity index is 1110. The molecule has 8 nitrogen and oxygen atoms in total. The highest BCUT2D eigenvalue weighted by Gasteiger charge is 2.17. The number of nitro benzene ring substituents is 1. The molecule has 1 aliphatic rings. The zero-order valence-corrected chi connectivity index (χ0v) is 16.8. The monoisotopic (exact) mass is 421 g/mol. The maximum absolute atomic E-state index is 11.2. The van der Waals surface area contributed by atoms with Crippen LogP contribution < -0.4 is 15.4 Å². The van der Waals surface area contributed by atoms with Crippen molar-refractivity contribution in [1.82, 2.24) is 15.3 Å². The smallest absolute Gasteiger partial charge is 0.270 e. The second-order valence-corrected chi connectivity index (χ2v) is 7.73. The first-order valence-corrected chi connectivity index (χ1v) is 10.3. The number of benzene rings is 2. The molecule has 4 rings (SSSR count). The second-order valence-electron chi connectivity index (χ2n) is 6.79. The van der Waals surface area contributed by atoms with Crippen LogP contribution in [0.3, 0.4) is 0 Å². The number of nitrogens with one attached hydrogen (secondary N) is 2. The number of terminal acetylenes is 1. The van der Waals surface area contributed by atoms with Crippen LogP contribution in [0.15, 0.2) is 47.6 Å². The molecule has 0 radical (unpaired) electrons. The summed E-state index contributed by atoms with van der Waals surface area (Å²) >= 11 is 1.33. The maximum atomic E-state index is 11.2. The molecular weight excluding hydrogens is 402 g/mol. The third-order valence-corrected chi connectivity index (χ3v) is 5.37. The lowest BCUT2D eigenvalue weighted by atomic mass is 10.1. The first-order chi connectivity index (χ1) is 14.6. The molecule has 1 aliphatic heterocycles. The van der Waals surface area contributed by atoms with Gasteiger partial charge in [-0.1, -0.05) is 17.7 Å². The lowest BCUT2D eigenvalue weighted by molar-refractivity contribution is -0.384. The van der Waals surface area contributed by atoms with Gasteiger partial charge >= 0.3 is 0 Å². The number of aromatic nitrogens is 2. The Morgan fingerprint density at radius 2 is 2.07 bits per heavy atom. The van der Waals surface area contributed by atoms with Crippen LogP contribution in [0.4, 0.5) is 17.2 Å². The Morgan fingerprint density at radius 1 is 1.27 bits per heavy atom. The van der Waals surface area contributed by atoms with E-state index in [2.05, 4.69) is 26.5 Å². The van der Waals surface area contributed by atoms with E-state index in [1.165, 1.54) is 23.9 Å². The summed E-state index contributed by atoms with van der Waals surface area (Å²) in [6.07, 6.45) is 5.34. The van der Waals surface area contributed by atoms with Gasteiger partial charge in [-0.25, -0.2) is 9.97 Å².